The van der Waals surface area contributed by atoms with Crippen molar-refractivity contribution >= 4 is 129 Å². The fourth-order valence-electron chi connectivity index (χ4n) is 11.2. The number of fused-ring (bicyclic) bond motifs is 13. The number of thiophene rings is 1. The van der Waals surface area contributed by atoms with Crippen LogP contribution in [-0.4, -0.2) is 22.8 Å². The van der Waals surface area contributed by atoms with Crippen LogP contribution in [0.5, 0.6) is 22.3 Å². The zero-order valence-electron chi connectivity index (χ0n) is 32.9. The highest BCUT2D eigenvalue weighted by molar-refractivity contribution is 7.24. The van der Waals surface area contributed by atoms with Crippen molar-refractivity contribution in [3.05, 3.63) is 157 Å². The van der Waals surface area contributed by atoms with Gasteiger partial charge in [0.25, 0.3) is 6.71 Å². The summed E-state index contributed by atoms with van der Waals surface area (Å²) in [6.07, 6.45) is 4.11. The number of ether oxygens (including phenoxy) is 2. The van der Waals surface area contributed by atoms with Crippen molar-refractivity contribution in [3.8, 4) is 22.3 Å². The molecule has 0 aliphatic carbocycles. The van der Waals surface area contributed by atoms with Crippen LogP contribution in [0.3, 0.4) is 0 Å². The molecule has 6 aromatic carbocycles. The molecule has 0 bridgehead atoms. The van der Waals surface area contributed by atoms with Crippen molar-refractivity contribution in [2.24, 2.45) is 0 Å². The van der Waals surface area contributed by atoms with E-state index in [0.717, 1.165) is 111 Å². The van der Waals surface area contributed by atoms with Gasteiger partial charge < -0.3 is 23.2 Å². The first-order valence-electron chi connectivity index (χ1n) is 20.8. The molecule has 0 amide bonds. The second-order valence-electron chi connectivity index (χ2n) is 16.7. The Hall–Kier alpha value is -7.42. The molecule has 15 rings (SSSR count). The topological polar surface area (TPSA) is 55.4 Å². The molecule has 61 heavy (non-hydrogen) atoms. The molecule has 10 heteroatoms. The molecule has 0 atom stereocenters. The van der Waals surface area contributed by atoms with Crippen LogP contribution in [0.2, 0.25) is 0 Å². The Morgan fingerprint density at radius 3 is 2.30 bits per heavy atom. The fourth-order valence-corrected chi connectivity index (χ4v) is 12.3. The van der Waals surface area contributed by atoms with Gasteiger partial charge in [-0.25, -0.2) is 4.98 Å². The first-order valence-corrected chi connectivity index (χ1v) is 21.6. The Bertz CT molecular complexity index is 3740. The fraction of sp³-hybridized carbons (Fsp3) is 0.0392. The van der Waals surface area contributed by atoms with Crippen LogP contribution >= 0.6 is 11.3 Å². The lowest BCUT2D eigenvalue weighted by atomic mass is 9.34. The highest BCUT2D eigenvalue weighted by Gasteiger charge is 2.48. The van der Waals surface area contributed by atoms with Crippen LogP contribution in [-0.2, 0) is 0 Å². The number of aromatic nitrogens is 2. The summed E-state index contributed by atoms with van der Waals surface area (Å²) < 4.78 is 24.3. The predicted octanol–water partition coefficient (Wildman–Crippen LogP) is 9.31. The Morgan fingerprint density at radius 1 is 0.623 bits per heavy atom. The lowest BCUT2D eigenvalue weighted by Gasteiger charge is -2.39. The minimum absolute atomic E-state index is 0.111. The number of benzene rings is 6. The van der Waals surface area contributed by atoms with Crippen LogP contribution in [0.4, 0.5) is 34.3 Å². The Morgan fingerprint density at radius 2 is 1.41 bits per heavy atom. The van der Waals surface area contributed by atoms with Gasteiger partial charge in [0.15, 0.2) is 5.06 Å². The van der Waals surface area contributed by atoms with E-state index in [1.807, 2.05) is 6.20 Å². The largest absolute Gasteiger partial charge is 0.473 e. The molecule has 4 aliphatic heterocycles. The Kier molecular flexibility index (Phi) is 5.97. The molecule has 0 saturated heterocycles. The van der Waals surface area contributed by atoms with E-state index < -0.39 is 0 Å². The molecule has 0 saturated carbocycles. The number of anilines is 6. The van der Waals surface area contributed by atoms with Crippen LogP contribution in [0.1, 0.15) is 11.3 Å². The molecule has 284 valence electrons. The summed E-state index contributed by atoms with van der Waals surface area (Å²) >= 11 is 1.68. The lowest BCUT2D eigenvalue weighted by Crippen LogP contribution is -2.60. The summed E-state index contributed by atoms with van der Waals surface area (Å²) in [7, 11) is 0. The minimum Gasteiger partial charge on any atom is -0.473 e. The molecule has 0 radical (unpaired) electrons. The van der Waals surface area contributed by atoms with E-state index in [2.05, 4.69) is 168 Å². The van der Waals surface area contributed by atoms with E-state index >= 15 is 0 Å². The van der Waals surface area contributed by atoms with Gasteiger partial charge in [0, 0.05) is 61.3 Å². The molecule has 0 unspecified atom stereocenters. The summed E-state index contributed by atoms with van der Waals surface area (Å²) in [5, 5.41) is 5.73. The van der Waals surface area contributed by atoms with Gasteiger partial charge in [-0.1, -0.05) is 78.1 Å². The van der Waals surface area contributed by atoms with E-state index in [0.29, 0.717) is 0 Å². The maximum absolute atomic E-state index is 7.01. The average molecular weight is 801 g/mol. The number of hydrogen-bond acceptors (Lipinski definition) is 7. The van der Waals surface area contributed by atoms with Gasteiger partial charge in [0.2, 0.25) is 0 Å². The Balaban J connectivity index is 0.958. The highest BCUT2D eigenvalue weighted by Crippen LogP contribution is 2.48. The molecule has 9 heterocycles. The van der Waals surface area contributed by atoms with Crippen molar-refractivity contribution < 1.29 is 13.9 Å². The SMILES string of the molecule is Cc1oc2c(c1C)N(c1ccccc1)c1cccc3c1B2c1c(sc2cc4c(cc12)B1c2cccnc2N(c2cccc5c2c2cccc6ccn5c62)c2cccc(c21)O4)O3. The molecule has 5 aromatic heterocycles. The van der Waals surface area contributed by atoms with Crippen molar-refractivity contribution in [3.63, 3.8) is 0 Å². The number of aryl methyl sites for hydroxylation is 1. The maximum atomic E-state index is 7.01. The average Bonchev–Trinajstić information content (AvgIpc) is 4.05. The number of pyridine rings is 1. The summed E-state index contributed by atoms with van der Waals surface area (Å²) in [4.78, 5) is 9.93. The smallest absolute Gasteiger partial charge is 0.303 e. The second kappa shape index (κ2) is 11.2. The van der Waals surface area contributed by atoms with Crippen LogP contribution < -0.4 is 52.2 Å². The number of rotatable bonds is 2. The lowest BCUT2D eigenvalue weighted by molar-refractivity contribution is 0.488. The molecule has 7 nitrogen and oxygen atoms in total. The van der Waals surface area contributed by atoms with Crippen LogP contribution in [0, 0.1) is 13.8 Å². The number of nitrogens with zero attached hydrogens (tertiary/aromatic N) is 4. The predicted molar refractivity (Wildman–Crippen MR) is 250 cm³/mol. The van der Waals surface area contributed by atoms with Gasteiger partial charge in [-0.15, -0.1) is 0 Å². The molecular weight excluding hydrogens is 770 g/mol. The normalized spacial score (nSPS) is 14.2. The van der Waals surface area contributed by atoms with Crippen molar-refractivity contribution in [1.82, 2.24) is 9.38 Å². The Labute approximate surface area is 354 Å². The van der Waals surface area contributed by atoms with Gasteiger partial charge in [0.1, 0.15) is 28.8 Å². The molecular formula is C51H30B2N4O3S. The van der Waals surface area contributed by atoms with E-state index in [4.69, 9.17) is 18.9 Å². The van der Waals surface area contributed by atoms with E-state index in [1.54, 1.807) is 11.3 Å². The second-order valence-corrected chi connectivity index (χ2v) is 17.7. The van der Waals surface area contributed by atoms with Crippen molar-refractivity contribution in [1.29, 1.82) is 0 Å². The van der Waals surface area contributed by atoms with Crippen molar-refractivity contribution in [2.75, 3.05) is 9.80 Å². The van der Waals surface area contributed by atoms with E-state index in [9.17, 15) is 0 Å². The third-order valence-electron chi connectivity index (χ3n) is 13.7. The molecule has 0 fully saturated rings. The molecule has 4 aliphatic rings. The van der Waals surface area contributed by atoms with Gasteiger partial charge in [-0.2, -0.15) is 0 Å². The van der Waals surface area contributed by atoms with Crippen LogP contribution in [0.25, 0.3) is 37.3 Å². The summed E-state index contributed by atoms with van der Waals surface area (Å²) in [6.45, 7) is 3.99. The van der Waals surface area contributed by atoms with Crippen molar-refractivity contribution in [2.45, 2.75) is 13.8 Å². The van der Waals surface area contributed by atoms with Gasteiger partial charge in [-0.3, -0.25) is 4.90 Å². The third kappa shape index (κ3) is 3.95. The molecule has 11 aromatic rings. The van der Waals surface area contributed by atoms with Crippen LogP contribution in [0.15, 0.2) is 150 Å². The number of para-hydroxylation sites is 2. The highest BCUT2D eigenvalue weighted by atomic mass is 32.1. The molecule has 0 spiro atoms. The van der Waals surface area contributed by atoms with E-state index in [1.165, 1.54) is 27.2 Å². The van der Waals surface area contributed by atoms with Gasteiger partial charge >= 0.3 is 6.71 Å². The first kappa shape index (κ1) is 32.4. The maximum Gasteiger partial charge on any atom is 0.303 e. The minimum atomic E-state index is -0.155. The number of furan rings is 1. The van der Waals surface area contributed by atoms with Gasteiger partial charge in [-0.05, 0) is 108 Å². The third-order valence-corrected chi connectivity index (χ3v) is 14.8. The summed E-state index contributed by atoms with van der Waals surface area (Å²) in [5.74, 6) is 4.44. The quantitative estimate of drug-likeness (QED) is 0.163. The number of hydrogen-bond donors (Lipinski definition) is 0. The zero-order chi connectivity index (χ0) is 39.8. The van der Waals surface area contributed by atoms with Gasteiger partial charge in [0.05, 0.1) is 28.1 Å². The summed E-state index contributed by atoms with van der Waals surface area (Å²) in [5.41, 5.74) is 15.7. The summed E-state index contributed by atoms with van der Waals surface area (Å²) in [6, 6.07) is 47.8. The molecule has 0 N–H and O–H groups in total. The first-order chi connectivity index (χ1) is 30.1. The van der Waals surface area contributed by atoms with E-state index in [-0.39, 0.29) is 13.4 Å². The standard InChI is InChI=1S/C51H30B2N4O3S/c1-27-28(2)58-49-47(27)56(30-12-4-3-5-13-30)37-18-8-21-40-46(37)53(49)44-32-25-34-41(26-42(32)61-51(44)60-40)59-39-20-9-19-38-45(39)52(34)33-15-10-23-54-50(33)57(38)36-17-7-16-35-43(36)31-14-6-11-29-22-24-55(35)48(29)31/h3-26H,1-2H3. The monoisotopic (exact) mass is 800 g/mol. The zero-order valence-corrected chi connectivity index (χ0v) is 33.7.